The Morgan fingerprint density at radius 2 is 1.62 bits per heavy atom. The highest BCUT2D eigenvalue weighted by molar-refractivity contribution is 5.78. The van der Waals surface area contributed by atoms with E-state index >= 15 is 0 Å². The average molecular weight is 287 g/mol. The van der Waals surface area contributed by atoms with Gasteiger partial charge in [0, 0.05) is 11.7 Å². The van der Waals surface area contributed by atoms with E-state index in [0.29, 0.717) is 28.9 Å². The van der Waals surface area contributed by atoms with Gasteiger partial charge in [0.25, 0.3) is 0 Å². The van der Waals surface area contributed by atoms with E-state index in [9.17, 15) is 9.59 Å². The Morgan fingerprint density at radius 1 is 1.00 bits per heavy atom. The lowest BCUT2D eigenvalue weighted by molar-refractivity contribution is 0.268. The largest absolute Gasteiger partial charge is 0.382 e. The van der Waals surface area contributed by atoms with Crippen molar-refractivity contribution in [3.8, 4) is 0 Å². The van der Waals surface area contributed by atoms with Gasteiger partial charge >= 0.3 is 11.1 Å². The highest BCUT2D eigenvalue weighted by atomic mass is 16.2. The fourth-order valence-electron chi connectivity index (χ4n) is 3.36. The lowest BCUT2D eigenvalue weighted by atomic mass is 9.78. The first kappa shape index (κ1) is 13.9. The topological polar surface area (TPSA) is 77.8 Å². The second kappa shape index (κ2) is 5.39. The summed E-state index contributed by atoms with van der Waals surface area (Å²) >= 11 is 0. The van der Waals surface area contributed by atoms with Gasteiger partial charge in [-0.3, -0.25) is 9.59 Å². The molecule has 0 spiro atoms. The number of fused-ring (bicyclic) bond motifs is 1. The standard InChI is InChI=1S/C16H21N3O2/c1-9-4-3-5-10(2)14(9)17-11-6-7-12-13(8-11)19-16(21)15(20)18-12/h6-10,14,17H,3-5H2,1-2H3,(H,18,20)(H,19,21). The van der Waals surface area contributed by atoms with Crippen LogP contribution in [0.2, 0.25) is 0 Å². The summed E-state index contributed by atoms with van der Waals surface area (Å²) in [4.78, 5) is 27.9. The summed E-state index contributed by atoms with van der Waals surface area (Å²) in [7, 11) is 0. The molecule has 1 saturated carbocycles. The number of aromatic amines is 2. The van der Waals surface area contributed by atoms with Crippen LogP contribution >= 0.6 is 0 Å². The molecule has 2 aromatic rings. The van der Waals surface area contributed by atoms with Crippen LogP contribution in [-0.2, 0) is 0 Å². The molecule has 0 bridgehead atoms. The predicted molar refractivity (Wildman–Crippen MR) is 84.8 cm³/mol. The second-order valence-electron chi connectivity index (χ2n) is 6.22. The maximum atomic E-state index is 11.4. The minimum atomic E-state index is -0.613. The fourth-order valence-corrected chi connectivity index (χ4v) is 3.36. The summed E-state index contributed by atoms with van der Waals surface area (Å²) < 4.78 is 0. The molecule has 2 unspecified atom stereocenters. The summed E-state index contributed by atoms with van der Waals surface area (Å²) in [5.74, 6) is 1.28. The minimum absolute atomic E-state index is 0.450. The van der Waals surface area contributed by atoms with Gasteiger partial charge in [-0.25, -0.2) is 0 Å². The highest BCUT2D eigenvalue weighted by Crippen LogP contribution is 2.31. The van der Waals surface area contributed by atoms with E-state index in [1.54, 1.807) is 0 Å². The average Bonchev–Trinajstić information content (AvgIpc) is 2.44. The van der Waals surface area contributed by atoms with E-state index in [4.69, 9.17) is 0 Å². The zero-order valence-electron chi connectivity index (χ0n) is 12.4. The van der Waals surface area contributed by atoms with Crippen LogP contribution in [0.1, 0.15) is 33.1 Å². The van der Waals surface area contributed by atoms with Crippen molar-refractivity contribution in [1.29, 1.82) is 0 Å². The number of hydrogen-bond donors (Lipinski definition) is 3. The molecule has 0 saturated heterocycles. The molecule has 21 heavy (non-hydrogen) atoms. The molecule has 2 atom stereocenters. The summed E-state index contributed by atoms with van der Waals surface area (Å²) in [6, 6.07) is 6.11. The third-order valence-electron chi connectivity index (χ3n) is 4.60. The van der Waals surface area contributed by atoms with Crippen LogP contribution < -0.4 is 16.4 Å². The van der Waals surface area contributed by atoms with Crippen LogP contribution in [0.25, 0.3) is 11.0 Å². The molecule has 0 amide bonds. The number of aromatic nitrogens is 2. The normalized spacial score (nSPS) is 25.9. The fraction of sp³-hybridized carbons (Fsp3) is 0.500. The number of benzene rings is 1. The van der Waals surface area contributed by atoms with Crippen LogP contribution in [0.15, 0.2) is 27.8 Å². The van der Waals surface area contributed by atoms with E-state index in [0.717, 1.165) is 5.69 Å². The van der Waals surface area contributed by atoms with Crippen LogP contribution in [0.4, 0.5) is 5.69 Å². The Labute approximate surface area is 122 Å². The molecule has 112 valence electrons. The molecule has 5 nitrogen and oxygen atoms in total. The van der Waals surface area contributed by atoms with E-state index in [2.05, 4.69) is 29.1 Å². The lowest BCUT2D eigenvalue weighted by Crippen LogP contribution is -2.37. The Bertz CT molecular complexity index is 752. The number of anilines is 1. The molecule has 1 aliphatic carbocycles. The van der Waals surface area contributed by atoms with Gasteiger partial charge in [-0.2, -0.15) is 0 Å². The van der Waals surface area contributed by atoms with Crippen molar-refractivity contribution in [2.45, 2.75) is 39.2 Å². The van der Waals surface area contributed by atoms with Gasteiger partial charge in [-0.1, -0.05) is 20.3 Å². The molecule has 3 rings (SSSR count). The van der Waals surface area contributed by atoms with E-state index in [1.165, 1.54) is 19.3 Å². The van der Waals surface area contributed by atoms with Crippen molar-refractivity contribution in [3.63, 3.8) is 0 Å². The smallest absolute Gasteiger partial charge is 0.314 e. The Hall–Kier alpha value is -2.04. The zero-order chi connectivity index (χ0) is 15.0. The maximum absolute atomic E-state index is 11.4. The van der Waals surface area contributed by atoms with Crippen LogP contribution in [0, 0.1) is 11.8 Å². The summed E-state index contributed by atoms with van der Waals surface area (Å²) in [5, 5.41) is 3.59. The first-order valence-corrected chi connectivity index (χ1v) is 7.57. The molecular formula is C16H21N3O2. The molecular weight excluding hydrogens is 266 g/mol. The summed E-state index contributed by atoms with van der Waals surface area (Å²) in [6.45, 7) is 4.57. The predicted octanol–water partition coefficient (Wildman–Crippen LogP) is 2.45. The molecule has 1 aromatic heterocycles. The molecule has 1 aromatic carbocycles. The van der Waals surface area contributed by atoms with Gasteiger partial charge < -0.3 is 15.3 Å². The van der Waals surface area contributed by atoms with Gasteiger partial charge in [0.2, 0.25) is 0 Å². The first-order valence-electron chi connectivity index (χ1n) is 7.57. The van der Waals surface area contributed by atoms with E-state index in [-0.39, 0.29) is 0 Å². The second-order valence-corrected chi connectivity index (χ2v) is 6.22. The summed E-state index contributed by atoms with van der Waals surface area (Å²) in [5.41, 5.74) is 1.06. The zero-order valence-corrected chi connectivity index (χ0v) is 12.4. The minimum Gasteiger partial charge on any atom is -0.382 e. The SMILES string of the molecule is CC1CCCC(C)C1Nc1ccc2[nH]c(=O)c(=O)[nH]c2c1. The molecule has 0 radical (unpaired) electrons. The molecule has 1 heterocycles. The molecule has 1 aliphatic rings. The van der Waals surface area contributed by atoms with Crippen LogP contribution in [-0.4, -0.2) is 16.0 Å². The van der Waals surface area contributed by atoms with Crippen molar-refractivity contribution < 1.29 is 0 Å². The third-order valence-corrected chi connectivity index (χ3v) is 4.60. The van der Waals surface area contributed by atoms with Crippen LogP contribution in [0.3, 0.4) is 0 Å². The van der Waals surface area contributed by atoms with Crippen molar-refractivity contribution in [1.82, 2.24) is 9.97 Å². The first-order chi connectivity index (χ1) is 10.0. The summed E-state index contributed by atoms with van der Waals surface area (Å²) in [6.07, 6.45) is 3.80. The van der Waals surface area contributed by atoms with Crippen molar-refractivity contribution >= 4 is 16.7 Å². The Morgan fingerprint density at radius 3 is 2.29 bits per heavy atom. The van der Waals surface area contributed by atoms with Crippen molar-refractivity contribution in [2.24, 2.45) is 11.8 Å². The van der Waals surface area contributed by atoms with Crippen LogP contribution in [0.5, 0.6) is 0 Å². The molecule has 3 N–H and O–H groups in total. The van der Waals surface area contributed by atoms with E-state index < -0.39 is 11.1 Å². The maximum Gasteiger partial charge on any atom is 0.314 e. The number of nitrogens with one attached hydrogen (secondary N) is 3. The van der Waals surface area contributed by atoms with Gasteiger partial charge in [0.05, 0.1) is 11.0 Å². The van der Waals surface area contributed by atoms with Crippen molar-refractivity contribution in [3.05, 3.63) is 38.9 Å². The van der Waals surface area contributed by atoms with Gasteiger partial charge in [-0.15, -0.1) is 0 Å². The lowest BCUT2D eigenvalue weighted by Gasteiger charge is -2.35. The molecule has 1 fully saturated rings. The molecule has 5 heteroatoms. The highest BCUT2D eigenvalue weighted by Gasteiger charge is 2.27. The quantitative estimate of drug-likeness (QED) is 0.742. The van der Waals surface area contributed by atoms with E-state index in [1.807, 2.05) is 18.2 Å². The Balaban J connectivity index is 1.92. The van der Waals surface area contributed by atoms with Gasteiger partial charge in [-0.05, 0) is 42.9 Å². The van der Waals surface area contributed by atoms with Gasteiger partial charge in [0.1, 0.15) is 0 Å². The molecule has 0 aliphatic heterocycles. The monoisotopic (exact) mass is 287 g/mol. The van der Waals surface area contributed by atoms with Gasteiger partial charge in [0.15, 0.2) is 0 Å². The number of H-pyrrole nitrogens is 2. The third kappa shape index (κ3) is 2.73. The number of rotatable bonds is 2. The van der Waals surface area contributed by atoms with Crippen molar-refractivity contribution in [2.75, 3.05) is 5.32 Å². The number of hydrogen-bond acceptors (Lipinski definition) is 3. The Kier molecular flexibility index (Phi) is 3.57.